The molecule has 0 saturated heterocycles. The molecule has 0 bridgehead atoms. The fourth-order valence-corrected chi connectivity index (χ4v) is 4.63. The smallest absolute Gasteiger partial charge is 0.426 e. The molecule has 0 spiro atoms. The van der Waals surface area contributed by atoms with Gasteiger partial charge in [0.1, 0.15) is 5.69 Å². The van der Waals surface area contributed by atoms with E-state index in [1.807, 2.05) is 81.4 Å². The molecule has 2 aromatic carbocycles. The van der Waals surface area contributed by atoms with Crippen molar-refractivity contribution < 1.29 is 24.5 Å². The number of rotatable bonds is 11. The molecule has 0 radical (unpaired) electrons. The third-order valence-corrected chi connectivity index (χ3v) is 6.51. The van der Waals surface area contributed by atoms with Gasteiger partial charge in [-0.1, -0.05) is 67.5 Å². The number of nitrogens with one attached hydrogen (secondary N) is 2. The van der Waals surface area contributed by atoms with E-state index >= 15 is 0 Å². The summed E-state index contributed by atoms with van der Waals surface area (Å²) in [5, 5.41) is 33.9. The Morgan fingerprint density at radius 1 is 1.10 bits per heavy atom. The van der Waals surface area contributed by atoms with Crippen molar-refractivity contribution in [2.75, 3.05) is 6.54 Å². The van der Waals surface area contributed by atoms with Crippen LogP contribution in [0.3, 0.4) is 0 Å². The molecule has 4 N–H and O–H groups in total. The second-order valence-corrected chi connectivity index (χ2v) is 10.3. The quantitative estimate of drug-likeness (QED) is 0.280. The van der Waals surface area contributed by atoms with Gasteiger partial charge in [0.25, 0.3) is 11.8 Å². The molecule has 3 aromatic rings. The van der Waals surface area contributed by atoms with Gasteiger partial charge in [0.2, 0.25) is 5.60 Å². The molecule has 1 unspecified atom stereocenters. The number of amides is 2. The van der Waals surface area contributed by atoms with Gasteiger partial charge in [-0.05, 0) is 43.0 Å². The summed E-state index contributed by atoms with van der Waals surface area (Å²) in [4.78, 5) is 32.4. The van der Waals surface area contributed by atoms with Crippen LogP contribution in [0.2, 0.25) is 0 Å². The van der Waals surface area contributed by atoms with Crippen LogP contribution in [0.25, 0.3) is 5.69 Å². The Bertz CT molecular complexity index is 1310. The van der Waals surface area contributed by atoms with Gasteiger partial charge in [-0.2, -0.15) is 5.10 Å². The third kappa shape index (κ3) is 6.93. The van der Waals surface area contributed by atoms with Crippen LogP contribution in [0, 0.1) is 12.8 Å². The zero-order valence-corrected chi connectivity index (χ0v) is 22.4. The van der Waals surface area contributed by atoms with Gasteiger partial charge in [0.15, 0.2) is 0 Å². The first-order valence-electron chi connectivity index (χ1n) is 13.0. The minimum atomic E-state index is -1.72. The van der Waals surface area contributed by atoms with E-state index in [1.165, 1.54) is 0 Å². The van der Waals surface area contributed by atoms with Gasteiger partial charge in [-0.15, -0.1) is 0 Å². The second-order valence-electron chi connectivity index (χ2n) is 10.3. The molecule has 0 aliphatic carbocycles. The maximum absolute atomic E-state index is 13.5. The molecule has 10 nitrogen and oxygen atoms in total. The summed E-state index contributed by atoms with van der Waals surface area (Å²) in [6.45, 7) is 5.75. The Balaban J connectivity index is 1.48. The minimum absolute atomic E-state index is 0.0692. The number of nitrogens with zero attached hydrogens (tertiary/aromatic N) is 3. The fourth-order valence-electron chi connectivity index (χ4n) is 4.63. The van der Waals surface area contributed by atoms with Crippen LogP contribution < -0.4 is 10.6 Å². The monoisotopic (exact) mass is 531 g/mol. The molecular weight excluding hydrogens is 497 g/mol. The molecule has 204 valence electrons. The standard InChI is InChI=1S/C28H34BN5O5/c1-19(2)14-25(29(37)38)31-27(36)28(16-21-10-6-4-7-11-21)17-22(33-39-28)18-30-26(35)24-15-20(3)32-34(24)23-12-8-5-9-13-23/h4-13,15,19,25,37-38H,14,16-18H2,1-3H3,(H,30,35)(H,31,36)/t25-,28?/m0/s1. The first kappa shape index (κ1) is 28.1. The number of oxime groups is 1. The number of aryl methyl sites for hydroxylation is 1. The van der Waals surface area contributed by atoms with E-state index < -0.39 is 24.6 Å². The lowest BCUT2D eigenvalue weighted by Crippen LogP contribution is -2.56. The summed E-state index contributed by atoms with van der Waals surface area (Å²) >= 11 is 0. The van der Waals surface area contributed by atoms with Gasteiger partial charge in [0, 0.05) is 12.8 Å². The first-order valence-corrected chi connectivity index (χ1v) is 13.0. The van der Waals surface area contributed by atoms with Gasteiger partial charge < -0.3 is 25.5 Å². The summed E-state index contributed by atoms with van der Waals surface area (Å²) in [5.41, 5.74) is 1.79. The molecular formula is C28H34BN5O5. The summed E-state index contributed by atoms with van der Waals surface area (Å²) in [5.74, 6) is -1.57. The average Bonchev–Trinajstić information content (AvgIpc) is 3.52. The van der Waals surface area contributed by atoms with Crippen LogP contribution in [-0.4, -0.2) is 62.6 Å². The van der Waals surface area contributed by atoms with E-state index in [0.29, 0.717) is 23.5 Å². The van der Waals surface area contributed by atoms with Crippen molar-refractivity contribution in [3.63, 3.8) is 0 Å². The Morgan fingerprint density at radius 3 is 2.41 bits per heavy atom. The molecule has 0 fully saturated rings. The van der Waals surface area contributed by atoms with Crippen LogP contribution in [0.4, 0.5) is 0 Å². The van der Waals surface area contributed by atoms with Crippen LogP contribution in [0.15, 0.2) is 71.9 Å². The Kier molecular flexibility index (Phi) is 8.83. The third-order valence-electron chi connectivity index (χ3n) is 6.51. The van der Waals surface area contributed by atoms with Crippen LogP contribution >= 0.6 is 0 Å². The number of aromatic nitrogens is 2. The molecule has 1 aliphatic heterocycles. The minimum Gasteiger partial charge on any atom is -0.426 e. The van der Waals surface area contributed by atoms with Crippen LogP contribution in [0.5, 0.6) is 0 Å². The largest absolute Gasteiger partial charge is 0.475 e. The maximum Gasteiger partial charge on any atom is 0.475 e. The molecule has 2 atom stereocenters. The van der Waals surface area contributed by atoms with Crippen molar-refractivity contribution in [2.45, 2.75) is 51.6 Å². The van der Waals surface area contributed by atoms with Crippen molar-refractivity contribution in [2.24, 2.45) is 11.1 Å². The molecule has 39 heavy (non-hydrogen) atoms. The van der Waals surface area contributed by atoms with E-state index in [-0.39, 0.29) is 31.2 Å². The average molecular weight is 531 g/mol. The van der Waals surface area contributed by atoms with E-state index in [4.69, 9.17) is 4.84 Å². The van der Waals surface area contributed by atoms with Crippen LogP contribution in [-0.2, 0) is 16.1 Å². The zero-order valence-electron chi connectivity index (χ0n) is 22.4. The van der Waals surface area contributed by atoms with Crippen LogP contribution in [0.1, 0.15) is 48.4 Å². The van der Waals surface area contributed by atoms with Gasteiger partial charge in [0.05, 0.1) is 29.6 Å². The molecule has 1 aliphatic rings. The molecule has 0 saturated carbocycles. The SMILES string of the molecule is Cc1cc(C(=O)NCC2=NOC(Cc3ccccc3)(C(=O)N[C@@H](CC(C)C)B(O)O)C2)n(-c2ccccc2)n1. The maximum atomic E-state index is 13.5. The Hall–Kier alpha value is -3.96. The highest BCUT2D eigenvalue weighted by molar-refractivity contribution is 6.43. The Morgan fingerprint density at radius 2 is 1.77 bits per heavy atom. The molecule has 4 rings (SSSR count). The van der Waals surface area contributed by atoms with Crippen molar-refractivity contribution in [3.8, 4) is 5.69 Å². The summed E-state index contributed by atoms with van der Waals surface area (Å²) in [6.07, 6.45) is 0.723. The molecule has 11 heteroatoms. The van der Waals surface area contributed by atoms with Crippen molar-refractivity contribution >= 4 is 24.6 Å². The normalized spacial score (nSPS) is 17.3. The van der Waals surface area contributed by atoms with Crippen molar-refractivity contribution in [1.82, 2.24) is 20.4 Å². The van der Waals surface area contributed by atoms with E-state index in [9.17, 15) is 19.6 Å². The highest BCUT2D eigenvalue weighted by Crippen LogP contribution is 2.29. The van der Waals surface area contributed by atoms with Gasteiger partial charge in [-0.3, -0.25) is 9.59 Å². The van der Waals surface area contributed by atoms with Crippen molar-refractivity contribution in [3.05, 3.63) is 83.7 Å². The second kappa shape index (κ2) is 12.3. The van der Waals surface area contributed by atoms with Gasteiger partial charge in [-0.25, -0.2) is 4.68 Å². The van der Waals surface area contributed by atoms with E-state index in [2.05, 4.69) is 20.9 Å². The number of hydrogen-bond acceptors (Lipinski definition) is 7. The summed E-state index contributed by atoms with van der Waals surface area (Å²) in [7, 11) is -1.72. The summed E-state index contributed by atoms with van der Waals surface area (Å²) < 4.78 is 1.58. The number of para-hydroxylation sites is 1. The highest BCUT2D eigenvalue weighted by Gasteiger charge is 2.48. The number of carbonyl (C=O) groups is 2. The lowest BCUT2D eigenvalue weighted by atomic mass is 9.74. The lowest BCUT2D eigenvalue weighted by molar-refractivity contribution is -0.144. The van der Waals surface area contributed by atoms with E-state index in [1.54, 1.807) is 10.7 Å². The predicted octanol–water partition coefficient (Wildman–Crippen LogP) is 2.21. The molecule has 1 aromatic heterocycles. The van der Waals surface area contributed by atoms with E-state index in [0.717, 1.165) is 11.3 Å². The first-order chi connectivity index (χ1) is 18.7. The molecule has 2 heterocycles. The summed E-state index contributed by atoms with van der Waals surface area (Å²) in [6, 6.07) is 20.5. The number of benzene rings is 2. The zero-order chi connectivity index (χ0) is 28.0. The predicted molar refractivity (Wildman–Crippen MR) is 148 cm³/mol. The molecule has 2 amide bonds. The number of carbonyl (C=O) groups excluding carboxylic acids is 2. The van der Waals surface area contributed by atoms with Crippen molar-refractivity contribution in [1.29, 1.82) is 0 Å². The number of hydrogen-bond donors (Lipinski definition) is 4. The van der Waals surface area contributed by atoms with Gasteiger partial charge >= 0.3 is 7.12 Å². The highest BCUT2D eigenvalue weighted by atomic mass is 16.7. The fraction of sp³-hybridized carbons (Fsp3) is 0.357. The topological polar surface area (TPSA) is 138 Å². The lowest BCUT2D eigenvalue weighted by Gasteiger charge is -2.29. The Labute approximate surface area is 228 Å².